The Kier molecular flexibility index (Phi) is 5.30. The molecule has 0 heterocycles. The number of fused-ring (bicyclic) bond motifs is 1. The minimum absolute atomic E-state index is 0.0784. The Morgan fingerprint density at radius 1 is 1.16 bits per heavy atom. The first-order valence-corrected chi connectivity index (χ1v) is 8.56. The maximum absolute atomic E-state index is 14.5. The lowest BCUT2D eigenvalue weighted by atomic mass is 9.90. The van der Waals surface area contributed by atoms with E-state index in [2.05, 4.69) is 5.32 Å². The molecule has 0 radical (unpaired) electrons. The smallest absolute Gasteiger partial charge is 0.408 e. The monoisotopic (exact) mass is 359 g/mol. The first kappa shape index (κ1) is 19.5. The zero-order valence-corrected chi connectivity index (χ0v) is 15.3. The van der Waals surface area contributed by atoms with E-state index in [0.717, 1.165) is 0 Å². The third-order valence-corrected chi connectivity index (χ3v) is 4.50. The van der Waals surface area contributed by atoms with Crippen molar-refractivity contribution in [3.05, 3.63) is 0 Å². The van der Waals surface area contributed by atoms with Crippen LogP contribution in [-0.2, 0) is 23.8 Å². The number of esters is 2. The van der Waals surface area contributed by atoms with E-state index < -0.39 is 53.1 Å². The Labute approximate surface area is 146 Å². The van der Waals surface area contributed by atoms with Crippen LogP contribution < -0.4 is 5.32 Å². The molecule has 8 heteroatoms. The first-order valence-electron chi connectivity index (χ1n) is 8.56. The summed E-state index contributed by atoms with van der Waals surface area (Å²) in [5.74, 6) is -3.41. The Hall–Kier alpha value is -1.86. The van der Waals surface area contributed by atoms with E-state index in [1.807, 2.05) is 0 Å². The molecular weight excluding hydrogens is 333 g/mol. The van der Waals surface area contributed by atoms with Gasteiger partial charge in [0.15, 0.2) is 0 Å². The number of amides is 1. The van der Waals surface area contributed by atoms with Gasteiger partial charge < -0.3 is 19.5 Å². The van der Waals surface area contributed by atoms with E-state index >= 15 is 0 Å². The zero-order chi connectivity index (χ0) is 19.0. The number of carbonyl (C=O) groups excluding carboxylic acids is 3. The Bertz CT molecular complexity index is 560. The molecule has 0 aromatic heterocycles. The van der Waals surface area contributed by atoms with Crippen LogP contribution in [-0.4, -0.2) is 48.6 Å². The summed E-state index contributed by atoms with van der Waals surface area (Å²) < 4.78 is 29.7. The number of alkyl halides is 1. The number of hydrogen-bond donors (Lipinski definition) is 1. The number of halogens is 1. The predicted molar refractivity (Wildman–Crippen MR) is 85.3 cm³/mol. The molecule has 2 aliphatic carbocycles. The number of ether oxygens (including phenoxy) is 3. The molecule has 1 unspecified atom stereocenters. The number of nitrogens with one attached hydrogen (secondary N) is 1. The molecule has 0 bridgehead atoms. The lowest BCUT2D eigenvalue weighted by Crippen LogP contribution is -2.58. The van der Waals surface area contributed by atoms with E-state index in [1.54, 1.807) is 34.6 Å². The average Bonchev–Trinajstić information content (AvgIpc) is 3.14. The lowest BCUT2D eigenvalue weighted by Gasteiger charge is -2.32. The summed E-state index contributed by atoms with van der Waals surface area (Å²) in [5.41, 5.74) is -2.39. The molecule has 1 amide bonds. The standard InChI is InChI=1S/C17H26FNO6/c1-6-23-13(20)11-10-9(18)8-17(12(10)11,14(21)24-7-2)19-15(22)25-16(3,4)5/h9-12H,6-8H2,1-5H3,(H,19,22)/t9-,10+,11+,12?,17+/m1/s1. The van der Waals surface area contributed by atoms with Crippen LogP contribution in [0, 0.1) is 17.8 Å². The van der Waals surface area contributed by atoms with Crippen molar-refractivity contribution in [2.45, 2.75) is 58.4 Å². The first-order chi connectivity index (χ1) is 11.6. The highest BCUT2D eigenvalue weighted by atomic mass is 19.1. The van der Waals surface area contributed by atoms with Crippen molar-refractivity contribution in [2.24, 2.45) is 17.8 Å². The van der Waals surface area contributed by atoms with Crippen LogP contribution >= 0.6 is 0 Å². The van der Waals surface area contributed by atoms with Crippen LogP contribution in [0.4, 0.5) is 9.18 Å². The molecule has 0 aliphatic heterocycles. The summed E-state index contributed by atoms with van der Waals surface area (Å²) in [6.07, 6.45) is -2.49. The average molecular weight is 359 g/mol. The highest BCUT2D eigenvalue weighted by molar-refractivity contribution is 5.90. The van der Waals surface area contributed by atoms with Crippen molar-refractivity contribution in [1.29, 1.82) is 0 Å². The lowest BCUT2D eigenvalue weighted by molar-refractivity contribution is -0.154. The number of alkyl carbamates (subject to hydrolysis) is 1. The number of carbonyl (C=O) groups is 3. The van der Waals surface area contributed by atoms with Crippen LogP contribution in [0.3, 0.4) is 0 Å². The summed E-state index contributed by atoms with van der Waals surface area (Å²) in [6.45, 7) is 8.55. The molecule has 2 fully saturated rings. The second kappa shape index (κ2) is 6.80. The SMILES string of the molecule is CCOC(=O)[C@@H]1C2[C@H]1[C@H](F)C[C@@]2(NC(=O)OC(C)(C)C)C(=O)OCC. The summed E-state index contributed by atoms with van der Waals surface area (Å²) in [4.78, 5) is 36.8. The van der Waals surface area contributed by atoms with E-state index in [-0.39, 0.29) is 19.6 Å². The summed E-state index contributed by atoms with van der Waals surface area (Å²) in [5, 5.41) is 2.50. The third kappa shape index (κ3) is 3.72. The molecule has 5 atom stereocenters. The zero-order valence-electron chi connectivity index (χ0n) is 15.3. The second-order valence-electron chi connectivity index (χ2n) is 7.42. The normalized spacial score (nSPS) is 33.2. The van der Waals surface area contributed by atoms with Gasteiger partial charge in [0.25, 0.3) is 0 Å². The summed E-state index contributed by atoms with van der Waals surface area (Å²) in [6, 6.07) is 0. The van der Waals surface area contributed by atoms with Gasteiger partial charge in [-0.3, -0.25) is 4.79 Å². The number of rotatable bonds is 5. The maximum atomic E-state index is 14.5. The van der Waals surface area contributed by atoms with Crippen LogP contribution in [0.1, 0.15) is 41.0 Å². The maximum Gasteiger partial charge on any atom is 0.408 e. The van der Waals surface area contributed by atoms with E-state index in [1.165, 1.54) is 0 Å². The van der Waals surface area contributed by atoms with E-state index in [4.69, 9.17) is 14.2 Å². The van der Waals surface area contributed by atoms with E-state index in [9.17, 15) is 18.8 Å². The van der Waals surface area contributed by atoms with Crippen LogP contribution in [0.25, 0.3) is 0 Å². The Balaban J connectivity index is 2.26. The van der Waals surface area contributed by atoms with Crippen molar-refractivity contribution in [1.82, 2.24) is 5.32 Å². The quantitative estimate of drug-likeness (QED) is 0.596. The highest BCUT2D eigenvalue weighted by Crippen LogP contribution is 2.64. The summed E-state index contributed by atoms with van der Waals surface area (Å²) in [7, 11) is 0. The van der Waals surface area contributed by atoms with Gasteiger partial charge in [0.05, 0.1) is 19.1 Å². The van der Waals surface area contributed by atoms with Crippen LogP contribution in [0.15, 0.2) is 0 Å². The molecule has 7 nitrogen and oxygen atoms in total. The Morgan fingerprint density at radius 3 is 2.28 bits per heavy atom. The second-order valence-corrected chi connectivity index (χ2v) is 7.42. The summed E-state index contributed by atoms with van der Waals surface area (Å²) >= 11 is 0. The van der Waals surface area contributed by atoms with Crippen molar-refractivity contribution in [3.8, 4) is 0 Å². The van der Waals surface area contributed by atoms with Crippen molar-refractivity contribution in [3.63, 3.8) is 0 Å². The van der Waals surface area contributed by atoms with Crippen LogP contribution in [0.5, 0.6) is 0 Å². The van der Waals surface area contributed by atoms with Gasteiger partial charge in [0, 0.05) is 18.3 Å². The van der Waals surface area contributed by atoms with Crippen molar-refractivity contribution in [2.75, 3.05) is 13.2 Å². The fraction of sp³-hybridized carbons (Fsp3) is 0.824. The molecule has 25 heavy (non-hydrogen) atoms. The Morgan fingerprint density at radius 2 is 1.76 bits per heavy atom. The van der Waals surface area contributed by atoms with Gasteiger partial charge in [-0.15, -0.1) is 0 Å². The molecule has 2 rings (SSSR count). The fourth-order valence-electron chi connectivity index (χ4n) is 3.69. The van der Waals surface area contributed by atoms with Gasteiger partial charge in [-0.1, -0.05) is 0 Å². The molecule has 1 N–H and O–H groups in total. The molecule has 0 aromatic rings. The fourth-order valence-corrected chi connectivity index (χ4v) is 3.69. The largest absolute Gasteiger partial charge is 0.466 e. The van der Waals surface area contributed by atoms with Gasteiger partial charge in [0.1, 0.15) is 17.3 Å². The molecule has 2 aliphatic rings. The topological polar surface area (TPSA) is 90.9 Å². The van der Waals surface area contributed by atoms with Gasteiger partial charge in [0.2, 0.25) is 0 Å². The minimum atomic E-state index is -1.61. The van der Waals surface area contributed by atoms with Crippen molar-refractivity contribution >= 4 is 18.0 Å². The molecular formula is C17H26FNO6. The molecule has 0 saturated heterocycles. The van der Waals surface area contributed by atoms with Gasteiger partial charge >= 0.3 is 18.0 Å². The van der Waals surface area contributed by atoms with Gasteiger partial charge in [-0.2, -0.15) is 0 Å². The number of hydrogen-bond acceptors (Lipinski definition) is 6. The van der Waals surface area contributed by atoms with Gasteiger partial charge in [-0.25, -0.2) is 14.0 Å². The van der Waals surface area contributed by atoms with Gasteiger partial charge in [-0.05, 0) is 34.6 Å². The molecule has 0 spiro atoms. The van der Waals surface area contributed by atoms with Crippen molar-refractivity contribution < 1.29 is 33.0 Å². The predicted octanol–water partition coefficient (Wildman–Crippen LogP) is 1.98. The third-order valence-electron chi connectivity index (χ3n) is 4.50. The van der Waals surface area contributed by atoms with E-state index in [0.29, 0.717) is 0 Å². The molecule has 0 aromatic carbocycles. The van der Waals surface area contributed by atoms with Crippen LogP contribution in [0.2, 0.25) is 0 Å². The molecule has 2 saturated carbocycles. The highest BCUT2D eigenvalue weighted by Gasteiger charge is 2.77. The molecule has 142 valence electrons. The minimum Gasteiger partial charge on any atom is -0.466 e.